The molecule has 0 aliphatic carbocycles. The summed E-state index contributed by atoms with van der Waals surface area (Å²) in [7, 11) is 2.77. The molecule has 17 heavy (non-hydrogen) atoms. The Balaban J connectivity index is 1.95. The number of rotatable bonds is 3. The second-order valence-electron chi connectivity index (χ2n) is 3.63. The first-order chi connectivity index (χ1) is 8.25. The molecule has 2 rings (SSSR count). The lowest BCUT2D eigenvalue weighted by atomic mass is 10.2. The average molecular weight is 260 g/mol. The van der Waals surface area contributed by atoms with Gasteiger partial charge in [-0.1, -0.05) is 48.0 Å². The number of benzene rings is 2. The van der Waals surface area contributed by atoms with Crippen LogP contribution in [0.1, 0.15) is 15.9 Å². The maximum absolute atomic E-state index is 11.8. The van der Waals surface area contributed by atoms with Gasteiger partial charge in [-0.2, -0.15) is 0 Å². The van der Waals surface area contributed by atoms with E-state index in [1.54, 1.807) is 0 Å². The molecule has 3 heteroatoms. The molecule has 0 N–H and O–H groups in total. The largest absolute Gasteiger partial charge is 0.281 e. The molecule has 0 heterocycles. The van der Waals surface area contributed by atoms with Gasteiger partial charge in [0.15, 0.2) is 0 Å². The van der Waals surface area contributed by atoms with Crippen molar-refractivity contribution >= 4 is 26.7 Å². The Kier molecular flexibility index (Phi) is 4.29. The Labute approximate surface area is 109 Å². The van der Waals surface area contributed by atoms with Crippen LogP contribution in [0.2, 0.25) is 0 Å². The van der Waals surface area contributed by atoms with E-state index in [1.807, 2.05) is 42.5 Å². The summed E-state index contributed by atoms with van der Waals surface area (Å²) in [5.74, 6) is 0. The highest BCUT2D eigenvalue weighted by molar-refractivity contribution is 8.82. The van der Waals surface area contributed by atoms with E-state index in [4.69, 9.17) is 0 Å². The molecule has 0 spiro atoms. The standard InChI is InChI=1S/C14H12OS2/c1-11-7-9-13(10-8-11)16-17-14(15)12-5-3-2-4-6-12/h2-10H,1H3. The molecule has 0 fully saturated rings. The summed E-state index contributed by atoms with van der Waals surface area (Å²) in [6.45, 7) is 2.05. The zero-order valence-electron chi connectivity index (χ0n) is 9.42. The average Bonchev–Trinajstić information content (AvgIpc) is 2.39. The summed E-state index contributed by atoms with van der Waals surface area (Å²) in [5.41, 5.74) is 1.98. The highest BCUT2D eigenvalue weighted by Crippen LogP contribution is 2.33. The lowest BCUT2D eigenvalue weighted by Gasteiger charge is -2.01. The summed E-state index contributed by atoms with van der Waals surface area (Å²) in [5, 5.41) is 0.0937. The van der Waals surface area contributed by atoms with E-state index in [2.05, 4.69) is 19.1 Å². The van der Waals surface area contributed by atoms with E-state index in [0.717, 1.165) is 10.5 Å². The number of carbonyl (C=O) groups is 1. The SMILES string of the molecule is Cc1ccc(SSC(=O)c2ccccc2)cc1. The van der Waals surface area contributed by atoms with Crippen molar-refractivity contribution in [1.29, 1.82) is 0 Å². The normalized spacial score (nSPS) is 10.2. The van der Waals surface area contributed by atoms with Crippen molar-refractivity contribution in [2.24, 2.45) is 0 Å². The molecule has 0 saturated carbocycles. The third-order valence-electron chi connectivity index (χ3n) is 2.24. The second kappa shape index (κ2) is 5.94. The summed E-state index contributed by atoms with van der Waals surface area (Å²) in [6, 6.07) is 17.5. The van der Waals surface area contributed by atoms with Crippen molar-refractivity contribution in [3.05, 3.63) is 65.7 Å². The summed E-state index contributed by atoms with van der Waals surface area (Å²) in [4.78, 5) is 12.9. The van der Waals surface area contributed by atoms with Gasteiger partial charge in [0.05, 0.1) is 0 Å². The summed E-state index contributed by atoms with van der Waals surface area (Å²) < 4.78 is 0. The van der Waals surface area contributed by atoms with Crippen LogP contribution in [0.3, 0.4) is 0 Å². The maximum atomic E-state index is 11.8. The van der Waals surface area contributed by atoms with Gasteiger partial charge in [0, 0.05) is 10.5 Å². The number of hydrogen-bond donors (Lipinski definition) is 0. The maximum Gasteiger partial charge on any atom is 0.230 e. The Morgan fingerprint density at radius 1 is 0.941 bits per heavy atom. The van der Waals surface area contributed by atoms with Crippen molar-refractivity contribution < 1.29 is 4.79 Å². The van der Waals surface area contributed by atoms with E-state index in [-0.39, 0.29) is 5.12 Å². The fourth-order valence-corrected chi connectivity index (χ4v) is 3.09. The predicted octanol–water partition coefficient (Wildman–Crippen LogP) is 4.58. The molecule has 0 aromatic heterocycles. The summed E-state index contributed by atoms with van der Waals surface area (Å²) >= 11 is 0. The Bertz CT molecular complexity index is 491. The van der Waals surface area contributed by atoms with Crippen LogP contribution in [0.15, 0.2) is 59.5 Å². The van der Waals surface area contributed by atoms with Crippen LogP contribution in [0, 0.1) is 6.92 Å². The van der Waals surface area contributed by atoms with Crippen molar-refractivity contribution in [3.8, 4) is 0 Å². The minimum atomic E-state index is 0.0937. The smallest absolute Gasteiger partial charge is 0.230 e. The van der Waals surface area contributed by atoms with Crippen LogP contribution in [0.5, 0.6) is 0 Å². The third kappa shape index (κ3) is 3.65. The summed E-state index contributed by atoms with van der Waals surface area (Å²) in [6.07, 6.45) is 0. The number of hydrogen-bond acceptors (Lipinski definition) is 3. The van der Waals surface area contributed by atoms with Crippen molar-refractivity contribution in [3.63, 3.8) is 0 Å². The zero-order valence-corrected chi connectivity index (χ0v) is 11.1. The Morgan fingerprint density at radius 2 is 1.59 bits per heavy atom. The lowest BCUT2D eigenvalue weighted by Crippen LogP contribution is -1.89. The molecule has 0 unspecified atom stereocenters. The molecule has 0 atom stereocenters. The van der Waals surface area contributed by atoms with Crippen LogP contribution < -0.4 is 0 Å². The van der Waals surface area contributed by atoms with Crippen LogP contribution in [0.4, 0.5) is 0 Å². The van der Waals surface area contributed by atoms with Crippen LogP contribution in [0.25, 0.3) is 0 Å². The van der Waals surface area contributed by atoms with E-state index in [0.29, 0.717) is 0 Å². The second-order valence-corrected chi connectivity index (χ2v) is 5.81. The minimum absolute atomic E-state index is 0.0937. The van der Waals surface area contributed by atoms with Crippen LogP contribution >= 0.6 is 21.6 Å². The topological polar surface area (TPSA) is 17.1 Å². The molecule has 86 valence electrons. The molecule has 0 aliphatic heterocycles. The lowest BCUT2D eigenvalue weighted by molar-refractivity contribution is 0.109. The molecule has 0 bridgehead atoms. The zero-order chi connectivity index (χ0) is 12.1. The Hall–Kier alpha value is -1.19. The Morgan fingerprint density at radius 3 is 2.24 bits per heavy atom. The molecule has 0 aliphatic rings. The fraction of sp³-hybridized carbons (Fsp3) is 0.0714. The van der Waals surface area contributed by atoms with Gasteiger partial charge in [0.1, 0.15) is 0 Å². The first kappa shape index (κ1) is 12.3. The van der Waals surface area contributed by atoms with Crippen molar-refractivity contribution in [2.75, 3.05) is 0 Å². The molecule has 0 amide bonds. The molecule has 0 saturated heterocycles. The van der Waals surface area contributed by atoms with Crippen molar-refractivity contribution in [2.45, 2.75) is 11.8 Å². The minimum Gasteiger partial charge on any atom is -0.281 e. The van der Waals surface area contributed by atoms with E-state index in [9.17, 15) is 4.79 Å². The molecular formula is C14H12OS2. The van der Waals surface area contributed by atoms with Gasteiger partial charge in [-0.15, -0.1) is 0 Å². The van der Waals surface area contributed by atoms with E-state index in [1.165, 1.54) is 27.2 Å². The van der Waals surface area contributed by atoms with Crippen molar-refractivity contribution in [1.82, 2.24) is 0 Å². The van der Waals surface area contributed by atoms with Gasteiger partial charge in [-0.05, 0) is 40.6 Å². The first-order valence-corrected chi connectivity index (χ1v) is 7.41. The van der Waals surface area contributed by atoms with E-state index < -0.39 is 0 Å². The highest BCUT2D eigenvalue weighted by Gasteiger charge is 2.06. The number of aryl methyl sites for hydroxylation is 1. The van der Waals surface area contributed by atoms with Gasteiger partial charge >= 0.3 is 0 Å². The van der Waals surface area contributed by atoms with Crippen LogP contribution in [-0.2, 0) is 0 Å². The van der Waals surface area contributed by atoms with Crippen LogP contribution in [-0.4, -0.2) is 5.12 Å². The third-order valence-corrected chi connectivity index (χ3v) is 4.46. The van der Waals surface area contributed by atoms with Gasteiger partial charge in [0.2, 0.25) is 5.12 Å². The van der Waals surface area contributed by atoms with Gasteiger partial charge in [-0.25, -0.2) is 0 Å². The molecule has 2 aromatic carbocycles. The van der Waals surface area contributed by atoms with E-state index >= 15 is 0 Å². The monoisotopic (exact) mass is 260 g/mol. The predicted molar refractivity (Wildman–Crippen MR) is 75.4 cm³/mol. The molecular weight excluding hydrogens is 248 g/mol. The number of carbonyl (C=O) groups excluding carboxylic acids is 1. The molecule has 2 aromatic rings. The van der Waals surface area contributed by atoms with Gasteiger partial charge < -0.3 is 0 Å². The first-order valence-electron chi connectivity index (χ1n) is 5.26. The highest BCUT2D eigenvalue weighted by atomic mass is 33.1. The van der Waals surface area contributed by atoms with Gasteiger partial charge in [-0.3, -0.25) is 4.79 Å². The molecule has 1 nitrogen and oxygen atoms in total. The van der Waals surface area contributed by atoms with Gasteiger partial charge in [0.25, 0.3) is 0 Å². The molecule has 0 radical (unpaired) electrons. The fourth-order valence-electron chi connectivity index (χ4n) is 1.30. The quantitative estimate of drug-likeness (QED) is 0.752.